The number of nitrogens with zero attached hydrogens (tertiary/aromatic N) is 3. The van der Waals surface area contributed by atoms with E-state index in [4.69, 9.17) is 5.26 Å². The third kappa shape index (κ3) is 2.68. The summed E-state index contributed by atoms with van der Waals surface area (Å²) in [4.78, 5) is 4.25. The summed E-state index contributed by atoms with van der Waals surface area (Å²) in [5.41, 5.74) is 0.306. The number of benzene rings is 1. The molecule has 0 bridgehead atoms. The number of fused-ring (bicyclic) bond motifs is 1. The van der Waals surface area contributed by atoms with Crippen LogP contribution < -0.4 is 5.32 Å². The number of nitrogens with one attached hydrogen (secondary N) is 1. The number of hydrogen-bond donors (Lipinski definition) is 1. The van der Waals surface area contributed by atoms with Crippen molar-refractivity contribution in [2.24, 2.45) is 0 Å². The lowest BCUT2D eigenvalue weighted by molar-refractivity contribution is 0.432. The van der Waals surface area contributed by atoms with Crippen LogP contribution in [-0.2, 0) is 10.0 Å². The molecule has 1 fully saturated rings. The predicted octanol–water partition coefficient (Wildman–Crippen LogP) is 1.09. The van der Waals surface area contributed by atoms with E-state index in [0.29, 0.717) is 36.1 Å². The molecule has 2 heterocycles. The zero-order chi connectivity index (χ0) is 15.6. The fourth-order valence-electron chi connectivity index (χ4n) is 2.62. The van der Waals surface area contributed by atoms with Crippen LogP contribution in [0.2, 0.25) is 0 Å². The zero-order valence-corrected chi connectivity index (χ0v) is 12.8. The van der Waals surface area contributed by atoms with Gasteiger partial charge in [-0.25, -0.2) is 13.4 Å². The SMILES string of the molecule is N#Cc1nccc2cc(S(=O)(=O)N3CCCNCC3)ccc12. The highest BCUT2D eigenvalue weighted by atomic mass is 32.2. The van der Waals surface area contributed by atoms with Gasteiger partial charge in [-0.2, -0.15) is 9.57 Å². The molecular weight excluding hydrogens is 300 g/mol. The van der Waals surface area contributed by atoms with Gasteiger partial charge in [0.15, 0.2) is 0 Å². The molecule has 0 spiro atoms. The van der Waals surface area contributed by atoms with Gasteiger partial charge in [-0.3, -0.25) is 0 Å². The number of aromatic nitrogens is 1. The zero-order valence-electron chi connectivity index (χ0n) is 12.0. The maximum atomic E-state index is 12.8. The molecule has 2 aromatic rings. The Morgan fingerprint density at radius 1 is 1.23 bits per heavy atom. The van der Waals surface area contributed by atoms with Crippen molar-refractivity contribution in [3.05, 3.63) is 36.2 Å². The minimum atomic E-state index is -3.51. The van der Waals surface area contributed by atoms with Gasteiger partial charge in [0.1, 0.15) is 11.8 Å². The maximum absolute atomic E-state index is 12.8. The van der Waals surface area contributed by atoms with Crippen LogP contribution in [-0.4, -0.2) is 43.9 Å². The molecule has 0 aliphatic carbocycles. The van der Waals surface area contributed by atoms with Gasteiger partial charge < -0.3 is 5.32 Å². The second kappa shape index (κ2) is 6.01. The number of hydrogen-bond acceptors (Lipinski definition) is 5. The number of pyridine rings is 1. The van der Waals surface area contributed by atoms with Crippen LogP contribution in [0, 0.1) is 11.3 Å². The molecule has 0 radical (unpaired) electrons. The van der Waals surface area contributed by atoms with Crippen molar-refractivity contribution < 1.29 is 8.42 Å². The molecule has 7 heteroatoms. The Bertz CT molecular complexity index is 834. The molecular formula is C15H16N4O2S. The fourth-order valence-corrected chi connectivity index (χ4v) is 4.13. The third-order valence-electron chi connectivity index (χ3n) is 3.78. The van der Waals surface area contributed by atoms with Crippen LogP contribution in [0.1, 0.15) is 12.1 Å². The van der Waals surface area contributed by atoms with Gasteiger partial charge in [-0.05, 0) is 36.6 Å². The van der Waals surface area contributed by atoms with Crippen molar-refractivity contribution >= 4 is 20.8 Å². The van der Waals surface area contributed by atoms with E-state index < -0.39 is 10.0 Å². The molecule has 1 saturated heterocycles. The average Bonchev–Trinajstić information content (AvgIpc) is 2.83. The van der Waals surface area contributed by atoms with Crippen molar-refractivity contribution in [1.82, 2.24) is 14.6 Å². The van der Waals surface area contributed by atoms with E-state index in [1.165, 1.54) is 10.5 Å². The van der Waals surface area contributed by atoms with Gasteiger partial charge in [0.25, 0.3) is 0 Å². The maximum Gasteiger partial charge on any atom is 0.243 e. The van der Waals surface area contributed by atoms with Crippen LogP contribution >= 0.6 is 0 Å². The van der Waals surface area contributed by atoms with Gasteiger partial charge in [0, 0.05) is 31.2 Å². The highest BCUT2D eigenvalue weighted by molar-refractivity contribution is 7.89. The normalized spacial score (nSPS) is 17.0. The monoisotopic (exact) mass is 316 g/mol. The van der Waals surface area contributed by atoms with Crippen LogP contribution in [0.3, 0.4) is 0 Å². The quantitative estimate of drug-likeness (QED) is 0.896. The van der Waals surface area contributed by atoms with Gasteiger partial charge in [0.05, 0.1) is 4.90 Å². The molecule has 0 amide bonds. The average molecular weight is 316 g/mol. The van der Waals surface area contributed by atoms with Crippen molar-refractivity contribution in [3.63, 3.8) is 0 Å². The lowest BCUT2D eigenvalue weighted by atomic mass is 10.1. The summed E-state index contributed by atoms with van der Waals surface area (Å²) in [5.74, 6) is 0. The summed E-state index contributed by atoms with van der Waals surface area (Å²) in [6.45, 7) is 2.49. The van der Waals surface area contributed by atoms with E-state index in [9.17, 15) is 8.42 Å². The fraction of sp³-hybridized carbons (Fsp3) is 0.333. The minimum Gasteiger partial charge on any atom is -0.315 e. The van der Waals surface area contributed by atoms with Gasteiger partial charge in [-0.1, -0.05) is 6.07 Å². The lowest BCUT2D eigenvalue weighted by Crippen LogP contribution is -2.34. The number of rotatable bonds is 2. The first-order chi connectivity index (χ1) is 10.6. The summed E-state index contributed by atoms with van der Waals surface area (Å²) in [5, 5.41) is 13.6. The Balaban J connectivity index is 2.04. The van der Waals surface area contributed by atoms with E-state index in [1.807, 2.05) is 6.07 Å². The molecule has 1 aromatic heterocycles. The molecule has 1 aliphatic heterocycles. The van der Waals surface area contributed by atoms with E-state index in [2.05, 4.69) is 10.3 Å². The molecule has 114 valence electrons. The van der Waals surface area contributed by atoms with Gasteiger partial charge >= 0.3 is 0 Å². The standard InChI is InChI=1S/C15H16N4O2S/c16-11-15-14-3-2-13(10-12(14)4-6-18-15)22(20,21)19-8-1-5-17-7-9-19/h2-4,6,10,17H,1,5,7-9H2. The van der Waals surface area contributed by atoms with E-state index in [-0.39, 0.29) is 4.90 Å². The Hall–Kier alpha value is -2.01. The Morgan fingerprint density at radius 2 is 2.09 bits per heavy atom. The number of sulfonamides is 1. The van der Waals surface area contributed by atoms with Crippen LogP contribution in [0.5, 0.6) is 0 Å². The van der Waals surface area contributed by atoms with E-state index >= 15 is 0 Å². The molecule has 1 N–H and O–H groups in total. The molecule has 0 atom stereocenters. The molecule has 1 aliphatic rings. The van der Waals surface area contributed by atoms with Crippen molar-refractivity contribution in [2.45, 2.75) is 11.3 Å². The van der Waals surface area contributed by atoms with Crippen molar-refractivity contribution in [2.75, 3.05) is 26.2 Å². The van der Waals surface area contributed by atoms with Crippen LogP contribution in [0.4, 0.5) is 0 Å². The Morgan fingerprint density at radius 3 is 2.91 bits per heavy atom. The Labute approximate surface area is 129 Å². The van der Waals surface area contributed by atoms with E-state index in [1.54, 1.807) is 24.3 Å². The van der Waals surface area contributed by atoms with Crippen molar-refractivity contribution in [1.29, 1.82) is 5.26 Å². The molecule has 3 rings (SSSR count). The first-order valence-electron chi connectivity index (χ1n) is 7.13. The van der Waals surface area contributed by atoms with Gasteiger partial charge in [-0.15, -0.1) is 0 Å². The second-order valence-corrected chi connectivity index (χ2v) is 7.10. The smallest absolute Gasteiger partial charge is 0.243 e. The second-order valence-electron chi connectivity index (χ2n) is 5.16. The molecule has 0 unspecified atom stereocenters. The molecule has 0 saturated carbocycles. The van der Waals surface area contributed by atoms with Crippen LogP contribution in [0.25, 0.3) is 10.8 Å². The highest BCUT2D eigenvalue weighted by Gasteiger charge is 2.25. The summed E-state index contributed by atoms with van der Waals surface area (Å²) in [6, 6.07) is 8.57. The number of nitriles is 1. The van der Waals surface area contributed by atoms with Crippen molar-refractivity contribution in [3.8, 4) is 6.07 Å². The largest absolute Gasteiger partial charge is 0.315 e. The first-order valence-corrected chi connectivity index (χ1v) is 8.57. The highest BCUT2D eigenvalue weighted by Crippen LogP contribution is 2.23. The van der Waals surface area contributed by atoms with Crippen LogP contribution in [0.15, 0.2) is 35.4 Å². The predicted molar refractivity (Wildman–Crippen MR) is 82.7 cm³/mol. The Kier molecular flexibility index (Phi) is 4.07. The summed E-state index contributed by atoms with van der Waals surface area (Å²) in [6.07, 6.45) is 2.32. The summed E-state index contributed by atoms with van der Waals surface area (Å²) < 4.78 is 27.0. The summed E-state index contributed by atoms with van der Waals surface area (Å²) >= 11 is 0. The van der Waals surface area contributed by atoms with E-state index in [0.717, 1.165) is 13.0 Å². The third-order valence-corrected chi connectivity index (χ3v) is 5.67. The minimum absolute atomic E-state index is 0.261. The molecule has 1 aromatic carbocycles. The lowest BCUT2D eigenvalue weighted by Gasteiger charge is -2.19. The first kappa shape index (κ1) is 14.9. The topological polar surface area (TPSA) is 86.1 Å². The molecule has 6 nitrogen and oxygen atoms in total. The van der Waals surface area contributed by atoms with Gasteiger partial charge in [0.2, 0.25) is 10.0 Å². The molecule has 22 heavy (non-hydrogen) atoms. The summed E-state index contributed by atoms with van der Waals surface area (Å²) in [7, 11) is -3.51.